The summed E-state index contributed by atoms with van der Waals surface area (Å²) in [5.74, 6) is -0.427. The van der Waals surface area contributed by atoms with Crippen LogP contribution in [0.4, 0.5) is 0 Å². The lowest BCUT2D eigenvalue weighted by Crippen LogP contribution is -2.48. The van der Waals surface area contributed by atoms with Crippen molar-refractivity contribution >= 4 is 29.4 Å². The molecule has 0 spiro atoms. The van der Waals surface area contributed by atoms with E-state index in [2.05, 4.69) is 24.5 Å². The molecule has 2 amide bonds. The van der Waals surface area contributed by atoms with Crippen LogP contribution in [-0.2, 0) is 14.3 Å². The second kappa shape index (κ2) is 9.74. The normalized spacial score (nSPS) is 23.2. The van der Waals surface area contributed by atoms with E-state index in [0.717, 1.165) is 12.8 Å². The average Bonchev–Trinajstić information content (AvgIpc) is 2.64. The molecule has 7 heteroatoms. The van der Waals surface area contributed by atoms with Crippen molar-refractivity contribution in [2.24, 2.45) is 11.8 Å². The summed E-state index contributed by atoms with van der Waals surface area (Å²) in [6.07, 6.45) is 2.29. The SMILES string of the molecule is C[C@@H]1[C@H](C)CCC[C@@H]1NC(=O)[C@@H](C)OC(=O)CNC(=O)c1ccc(Cl)cc1. The second-order valence-corrected chi connectivity index (χ2v) is 7.64. The van der Waals surface area contributed by atoms with Crippen LogP contribution in [-0.4, -0.2) is 36.5 Å². The van der Waals surface area contributed by atoms with E-state index in [0.29, 0.717) is 22.4 Å². The molecule has 0 heterocycles. The molecule has 1 aliphatic rings. The molecule has 0 bridgehead atoms. The van der Waals surface area contributed by atoms with Gasteiger partial charge in [-0.15, -0.1) is 0 Å². The Bertz CT molecular complexity index is 677. The zero-order valence-corrected chi connectivity index (χ0v) is 16.7. The monoisotopic (exact) mass is 394 g/mol. The van der Waals surface area contributed by atoms with Gasteiger partial charge in [-0.25, -0.2) is 0 Å². The van der Waals surface area contributed by atoms with Crippen molar-refractivity contribution in [1.82, 2.24) is 10.6 Å². The minimum atomic E-state index is -0.908. The van der Waals surface area contributed by atoms with Crippen molar-refractivity contribution in [3.8, 4) is 0 Å². The van der Waals surface area contributed by atoms with E-state index in [1.807, 2.05) is 0 Å². The molecule has 4 atom stereocenters. The number of esters is 1. The summed E-state index contributed by atoms with van der Waals surface area (Å²) in [7, 11) is 0. The molecule has 0 saturated heterocycles. The first-order chi connectivity index (χ1) is 12.8. The number of ether oxygens (including phenoxy) is 1. The van der Waals surface area contributed by atoms with Gasteiger partial charge in [0.15, 0.2) is 6.10 Å². The first kappa shape index (κ1) is 21.2. The van der Waals surface area contributed by atoms with Crippen molar-refractivity contribution in [3.63, 3.8) is 0 Å². The van der Waals surface area contributed by atoms with Gasteiger partial charge in [-0.3, -0.25) is 14.4 Å². The van der Waals surface area contributed by atoms with Crippen LogP contribution < -0.4 is 10.6 Å². The maximum absolute atomic E-state index is 12.3. The Morgan fingerprint density at radius 2 is 1.85 bits per heavy atom. The highest BCUT2D eigenvalue weighted by Crippen LogP contribution is 2.29. The van der Waals surface area contributed by atoms with E-state index in [-0.39, 0.29) is 18.5 Å². The minimum Gasteiger partial charge on any atom is -0.451 e. The Kier molecular flexibility index (Phi) is 7.66. The summed E-state index contributed by atoms with van der Waals surface area (Å²) < 4.78 is 5.13. The summed E-state index contributed by atoms with van der Waals surface area (Å²) in [5.41, 5.74) is 0.387. The summed E-state index contributed by atoms with van der Waals surface area (Å²) in [6.45, 7) is 5.55. The predicted octanol–water partition coefficient (Wildman–Crippen LogP) is 2.94. The van der Waals surface area contributed by atoms with E-state index in [1.54, 1.807) is 24.3 Å². The first-order valence-electron chi connectivity index (χ1n) is 9.31. The number of nitrogens with one attached hydrogen (secondary N) is 2. The van der Waals surface area contributed by atoms with E-state index in [9.17, 15) is 14.4 Å². The van der Waals surface area contributed by atoms with Crippen molar-refractivity contribution in [3.05, 3.63) is 34.9 Å². The predicted molar refractivity (Wildman–Crippen MR) is 103 cm³/mol. The number of carbonyl (C=O) groups excluding carboxylic acids is 3. The van der Waals surface area contributed by atoms with Gasteiger partial charge in [0.25, 0.3) is 11.8 Å². The smallest absolute Gasteiger partial charge is 0.326 e. The Labute approximate surface area is 165 Å². The number of amides is 2. The molecule has 0 unspecified atom stereocenters. The van der Waals surface area contributed by atoms with Crippen molar-refractivity contribution in [2.75, 3.05) is 6.54 Å². The highest BCUT2D eigenvalue weighted by atomic mass is 35.5. The molecule has 1 saturated carbocycles. The van der Waals surface area contributed by atoms with Gasteiger partial charge >= 0.3 is 5.97 Å². The van der Waals surface area contributed by atoms with Gasteiger partial charge in [0.05, 0.1) is 0 Å². The molecule has 0 aliphatic heterocycles. The molecule has 2 rings (SSSR count). The molecule has 2 N–H and O–H groups in total. The van der Waals surface area contributed by atoms with Crippen LogP contribution in [0.5, 0.6) is 0 Å². The second-order valence-electron chi connectivity index (χ2n) is 7.20. The molecule has 6 nitrogen and oxygen atoms in total. The zero-order valence-electron chi connectivity index (χ0n) is 16.0. The Hall–Kier alpha value is -2.08. The van der Waals surface area contributed by atoms with E-state index < -0.39 is 18.0 Å². The summed E-state index contributed by atoms with van der Waals surface area (Å²) in [6, 6.07) is 6.41. The fourth-order valence-electron chi connectivity index (χ4n) is 3.23. The Balaban J connectivity index is 1.76. The Morgan fingerprint density at radius 3 is 2.52 bits per heavy atom. The van der Waals surface area contributed by atoms with Gasteiger partial charge in [-0.1, -0.05) is 38.3 Å². The molecule has 148 valence electrons. The van der Waals surface area contributed by atoms with Crippen LogP contribution in [0.2, 0.25) is 5.02 Å². The fourth-order valence-corrected chi connectivity index (χ4v) is 3.36. The summed E-state index contributed by atoms with van der Waals surface area (Å²) in [4.78, 5) is 36.2. The molecular weight excluding hydrogens is 368 g/mol. The number of halogens is 1. The number of carbonyl (C=O) groups is 3. The highest BCUT2D eigenvalue weighted by molar-refractivity contribution is 6.30. The summed E-state index contributed by atoms with van der Waals surface area (Å²) >= 11 is 5.77. The van der Waals surface area contributed by atoms with Crippen LogP contribution in [0.25, 0.3) is 0 Å². The van der Waals surface area contributed by atoms with Crippen LogP contribution in [0, 0.1) is 11.8 Å². The molecule has 1 aromatic rings. The molecule has 27 heavy (non-hydrogen) atoms. The maximum atomic E-state index is 12.3. The van der Waals surface area contributed by atoms with E-state index in [4.69, 9.17) is 16.3 Å². The average molecular weight is 395 g/mol. The largest absolute Gasteiger partial charge is 0.451 e. The highest BCUT2D eigenvalue weighted by Gasteiger charge is 2.30. The molecule has 1 aliphatic carbocycles. The third-order valence-corrected chi connectivity index (χ3v) is 5.46. The van der Waals surface area contributed by atoms with Crippen molar-refractivity contribution in [1.29, 1.82) is 0 Å². The van der Waals surface area contributed by atoms with Gasteiger partial charge in [0, 0.05) is 16.6 Å². The molecule has 0 radical (unpaired) electrons. The lowest BCUT2D eigenvalue weighted by atomic mass is 9.78. The van der Waals surface area contributed by atoms with E-state index >= 15 is 0 Å². The number of hydrogen-bond donors (Lipinski definition) is 2. The quantitative estimate of drug-likeness (QED) is 0.726. The van der Waals surface area contributed by atoms with Crippen molar-refractivity contribution < 1.29 is 19.1 Å². The molecule has 1 aromatic carbocycles. The lowest BCUT2D eigenvalue weighted by Gasteiger charge is -2.35. The zero-order chi connectivity index (χ0) is 20.0. The van der Waals surface area contributed by atoms with Gasteiger partial charge in [0.1, 0.15) is 6.54 Å². The van der Waals surface area contributed by atoms with Gasteiger partial charge in [0.2, 0.25) is 0 Å². The minimum absolute atomic E-state index is 0.104. The fraction of sp³-hybridized carbons (Fsp3) is 0.550. The molecule has 1 fully saturated rings. The summed E-state index contributed by atoms with van der Waals surface area (Å²) in [5, 5.41) is 5.97. The molecular formula is C20H27ClN2O4. The van der Waals surface area contributed by atoms with Crippen LogP contribution >= 0.6 is 11.6 Å². The van der Waals surface area contributed by atoms with Crippen LogP contribution in [0.3, 0.4) is 0 Å². The number of hydrogen-bond acceptors (Lipinski definition) is 4. The maximum Gasteiger partial charge on any atom is 0.326 e. The van der Waals surface area contributed by atoms with Gasteiger partial charge in [-0.05, 0) is 49.4 Å². The molecule has 0 aromatic heterocycles. The number of rotatable bonds is 6. The van der Waals surface area contributed by atoms with Gasteiger partial charge in [-0.2, -0.15) is 0 Å². The number of benzene rings is 1. The lowest BCUT2D eigenvalue weighted by molar-refractivity contribution is -0.154. The van der Waals surface area contributed by atoms with Crippen LogP contribution in [0.15, 0.2) is 24.3 Å². The topological polar surface area (TPSA) is 84.5 Å². The van der Waals surface area contributed by atoms with Crippen LogP contribution in [0.1, 0.15) is 50.4 Å². The standard InChI is InChI=1S/C20H27ClN2O4/c1-12-5-4-6-17(13(12)2)23-19(25)14(3)27-18(24)11-22-20(26)15-7-9-16(21)10-8-15/h7-10,12-14,17H,4-6,11H2,1-3H3,(H,22,26)(H,23,25)/t12-,13-,14-,17+/m1/s1. The van der Waals surface area contributed by atoms with Gasteiger partial charge < -0.3 is 15.4 Å². The first-order valence-corrected chi connectivity index (χ1v) is 9.69. The van der Waals surface area contributed by atoms with Crippen molar-refractivity contribution in [2.45, 2.75) is 52.2 Å². The Morgan fingerprint density at radius 1 is 1.19 bits per heavy atom. The third kappa shape index (κ3) is 6.24. The van der Waals surface area contributed by atoms with E-state index in [1.165, 1.54) is 13.3 Å². The third-order valence-electron chi connectivity index (χ3n) is 5.21.